The summed E-state index contributed by atoms with van der Waals surface area (Å²) in [6.07, 6.45) is 0.757. The highest BCUT2D eigenvalue weighted by Gasteiger charge is 2.42. The van der Waals surface area contributed by atoms with Crippen LogP contribution < -0.4 is 20.3 Å². The molecule has 2 amide bonds. The highest BCUT2D eigenvalue weighted by molar-refractivity contribution is 5.96. The second-order valence-electron chi connectivity index (χ2n) is 10.3. The Kier molecular flexibility index (Phi) is 7.69. The van der Waals surface area contributed by atoms with Gasteiger partial charge in [0.25, 0.3) is 11.8 Å². The van der Waals surface area contributed by atoms with Crippen molar-refractivity contribution in [3.8, 4) is 5.75 Å². The summed E-state index contributed by atoms with van der Waals surface area (Å²) in [6, 6.07) is 14.2. The quantitative estimate of drug-likeness (QED) is 0.417. The molecule has 2 unspecified atom stereocenters. The van der Waals surface area contributed by atoms with Gasteiger partial charge in [0.1, 0.15) is 11.6 Å². The van der Waals surface area contributed by atoms with Crippen molar-refractivity contribution in [2.45, 2.75) is 63.5 Å². The first-order valence-electron chi connectivity index (χ1n) is 13.3. The van der Waals surface area contributed by atoms with Gasteiger partial charge in [0, 0.05) is 42.0 Å². The first-order chi connectivity index (χ1) is 19.1. The fraction of sp³-hybridized carbons (Fsp3) is 0.367. The molecule has 3 heterocycles. The minimum Gasteiger partial charge on any atom is -0.496 e. The topological polar surface area (TPSA) is 83.6 Å². The van der Waals surface area contributed by atoms with Crippen molar-refractivity contribution in [1.29, 1.82) is 0 Å². The largest absolute Gasteiger partial charge is 0.496 e. The van der Waals surface area contributed by atoms with Gasteiger partial charge in [-0.1, -0.05) is 18.2 Å². The van der Waals surface area contributed by atoms with E-state index in [0.29, 0.717) is 22.4 Å². The molecule has 0 aliphatic carbocycles. The van der Waals surface area contributed by atoms with Crippen LogP contribution >= 0.6 is 0 Å². The normalized spacial score (nSPS) is 20.2. The molecule has 40 heavy (non-hydrogen) atoms. The van der Waals surface area contributed by atoms with Crippen LogP contribution in [0.5, 0.6) is 5.75 Å². The number of nitrogens with one attached hydrogen (secondary N) is 2. The summed E-state index contributed by atoms with van der Waals surface area (Å²) in [7, 11) is 1.59. The highest BCUT2D eigenvalue weighted by atomic mass is 19.4. The number of pyridine rings is 1. The van der Waals surface area contributed by atoms with Crippen LogP contribution in [0.25, 0.3) is 0 Å². The Labute approximate surface area is 230 Å². The Morgan fingerprint density at radius 3 is 2.30 bits per heavy atom. The SMILES string of the molecule is COc1cccc(C(=O)NC2CC3CCC(C2)N3c2ccc(C(=O)NCc3ccc(C(F)(F)F)cc3)cn2)c1C. The van der Waals surface area contributed by atoms with Gasteiger partial charge in [-0.15, -0.1) is 0 Å². The minimum absolute atomic E-state index is 0.0575. The molecule has 2 fully saturated rings. The molecule has 2 aliphatic heterocycles. The van der Waals surface area contributed by atoms with E-state index in [1.54, 1.807) is 13.2 Å². The summed E-state index contributed by atoms with van der Waals surface area (Å²) in [5, 5.41) is 5.94. The first kappa shape index (κ1) is 27.5. The lowest BCUT2D eigenvalue weighted by atomic mass is 9.96. The van der Waals surface area contributed by atoms with E-state index in [4.69, 9.17) is 4.74 Å². The van der Waals surface area contributed by atoms with Crippen molar-refractivity contribution in [3.63, 3.8) is 0 Å². The minimum atomic E-state index is -4.40. The molecule has 7 nitrogen and oxygen atoms in total. The number of benzene rings is 2. The van der Waals surface area contributed by atoms with E-state index in [1.807, 2.05) is 31.2 Å². The molecule has 0 spiro atoms. The standard InChI is InChI=1S/C30H31F3N4O3/c1-18-25(4-3-5-26(18)40-2)29(39)36-22-14-23-11-12-24(15-22)37(23)27-13-8-20(17-34-27)28(38)35-16-19-6-9-21(10-7-19)30(31,32)33/h3-10,13,17,22-24H,11-12,14-16H2,1-2H3,(H,35,38)(H,36,39). The molecule has 5 rings (SSSR count). The van der Waals surface area contributed by atoms with Crippen LogP contribution in [0.15, 0.2) is 60.8 Å². The van der Waals surface area contributed by atoms with Crippen LogP contribution in [-0.2, 0) is 12.7 Å². The van der Waals surface area contributed by atoms with Crippen molar-refractivity contribution in [1.82, 2.24) is 15.6 Å². The summed E-state index contributed by atoms with van der Waals surface area (Å²) in [4.78, 5) is 32.5. The third-order valence-corrected chi connectivity index (χ3v) is 7.83. The fourth-order valence-corrected chi connectivity index (χ4v) is 5.78. The molecule has 10 heteroatoms. The van der Waals surface area contributed by atoms with E-state index in [9.17, 15) is 22.8 Å². The number of alkyl halides is 3. The van der Waals surface area contributed by atoms with Gasteiger partial charge in [0.15, 0.2) is 0 Å². The summed E-state index contributed by atoms with van der Waals surface area (Å²) >= 11 is 0. The number of piperidine rings is 1. The maximum Gasteiger partial charge on any atom is 0.416 e. The second-order valence-corrected chi connectivity index (χ2v) is 10.3. The molecule has 2 bridgehead atoms. The van der Waals surface area contributed by atoms with Gasteiger partial charge in [-0.05, 0) is 74.6 Å². The van der Waals surface area contributed by atoms with Gasteiger partial charge < -0.3 is 20.3 Å². The number of carbonyl (C=O) groups excluding carboxylic acids is 2. The molecular formula is C30H31F3N4O3. The maximum absolute atomic E-state index is 13.0. The Morgan fingerprint density at radius 1 is 1.00 bits per heavy atom. The number of anilines is 1. The molecule has 3 aromatic rings. The van der Waals surface area contributed by atoms with E-state index in [-0.39, 0.29) is 36.5 Å². The van der Waals surface area contributed by atoms with Crippen LogP contribution in [0.1, 0.15) is 63.1 Å². The monoisotopic (exact) mass is 552 g/mol. The average molecular weight is 553 g/mol. The molecule has 2 N–H and O–H groups in total. The van der Waals surface area contributed by atoms with Gasteiger partial charge in [-0.3, -0.25) is 9.59 Å². The molecule has 0 radical (unpaired) electrons. The molecule has 2 saturated heterocycles. The predicted octanol–water partition coefficient (Wildman–Crippen LogP) is 5.28. The molecule has 2 aliphatic rings. The summed E-state index contributed by atoms with van der Waals surface area (Å²) in [6.45, 7) is 1.99. The van der Waals surface area contributed by atoms with Crippen molar-refractivity contribution < 1.29 is 27.5 Å². The van der Waals surface area contributed by atoms with Crippen LogP contribution in [0.3, 0.4) is 0 Å². The number of rotatable bonds is 7. The smallest absolute Gasteiger partial charge is 0.416 e. The van der Waals surface area contributed by atoms with Crippen molar-refractivity contribution in [3.05, 3.63) is 88.6 Å². The molecular weight excluding hydrogens is 521 g/mol. The zero-order chi connectivity index (χ0) is 28.4. The molecule has 2 aromatic carbocycles. The van der Waals surface area contributed by atoms with E-state index in [1.165, 1.54) is 18.3 Å². The first-order valence-corrected chi connectivity index (χ1v) is 13.3. The highest BCUT2D eigenvalue weighted by Crippen LogP contribution is 2.39. The number of carbonyl (C=O) groups is 2. The molecule has 1 aromatic heterocycles. The van der Waals surface area contributed by atoms with Gasteiger partial charge in [-0.2, -0.15) is 13.2 Å². The number of aromatic nitrogens is 1. The number of halogens is 3. The number of amides is 2. The van der Waals surface area contributed by atoms with Crippen LogP contribution in [0.4, 0.5) is 19.0 Å². The summed E-state index contributed by atoms with van der Waals surface area (Å²) in [5.41, 5.74) is 1.64. The third kappa shape index (κ3) is 5.76. The second kappa shape index (κ2) is 11.2. The lowest BCUT2D eigenvalue weighted by Crippen LogP contribution is -2.50. The Morgan fingerprint density at radius 2 is 1.70 bits per heavy atom. The zero-order valence-electron chi connectivity index (χ0n) is 22.3. The number of ether oxygens (including phenoxy) is 1. The van der Waals surface area contributed by atoms with E-state index < -0.39 is 11.7 Å². The molecule has 2 atom stereocenters. The van der Waals surface area contributed by atoms with Crippen molar-refractivity contribution in [2.75, 3.05) is 12.0 Å². The predicted molar refractivity (Wildman–Crippen MR) is 144 cm³/mol. The van der Waals surface area contributed by atoms with Crippen LogP contribution in [0, 0.1) is 6.92 Å². The van der Waals surface area contributed by atoms with E-state index in [2.05, 4.69) is 20.5 Å². The van der Waals surface area contributed by atoms with Crippen LogP contribution in [0.2, 0.25) is 0 Å². The van der Waals surface area contributed by atoms with E-state index in [0.717, 1.165) is 49.2 Å². The van der Waals surface area contributed by atoms with Gasteiger partial charge in [-0.25, -0.2) is 4.98 Å². The van der Waals surface area contributed by atoms with Crippen molar-refractivity contribution >= 4 is 17.6 Å². The fourth-order valence-electron chi connectivity index (χ4n) is 5.78. The Balaban J connectivity index is 1.17. The lowest BCUT2D eigenvalue weighted by molar-refractivity contribution is -0.137. The molecule has 0 saturated carbocycles. The van der Waals surface area contributed by atoms with Gasteiger partial charge in [0.2, 0.25) is 0 Å². The lowest BCUT2D eigenvalue weighted by Gasteiger charge is -2.40. The Hall–Kier alpha value is -4.08. The van der Waals surface area contributed by atoms with Crippen molar-refractivity contribution in [2.24, 2.45) is 0 Å². The number of hydrogen-bond donors (Lipinski definition) is 2. The maximum atomic E-state index is 13.0. The van der Waals surface area contributed by atoms with Gasteiger partial charge >= 0.3 is 6.18 Å². The number of nitrogens with zero attached hydrogens (tertiary/aromatic N) is 2. The summed E-state index contributed by atoms with van der Waals surface area (Å²) in [5.74, 6) is 1.03. The Bertz CT molecular complexity index is 1360. The van der Waals surface area contributed by atoms with Crippen LogP contribution in [-0.4, -0.2) is 42.0 Å². The van der Waals surface area contributed by atoms with E-state index >= 15 is 0 Å². The number of fused-ring (bicyclic) bond motifs is 2. The van der Waals surface area contributed by atoms with Gasteiger partial charge in [0.05, 0.1) is 18.2 Å². The zero-order valence-corrected chi connectivity index (χ0v) is 22.3. The number of hydrogen-bond acceptors (Lipinski definition) is 5. The molecule has 210 valence electrons. The average Bonchev–Trinajstić information content (AvgIpc) is 3.21. The number of methoxy groups -OCH3 is 1. The summed E-state index contributed by atoms with van der Waals surface area (Å²) < 4.78 is 43.6. The third-order valence-electron chi connectivity index (χ3n) is 7.83.